The minimum atomic E-state index is -0.723. The Balaban J connectivity index is 0.443. The second-order valence-electron chi connectivity index (χ2n) is 34.2. The summed E-state index contributed by atoms with van der Waals surface area (Å²) in [5.41, 5.74) is 8.10. The number of ketones is 6. The Kier molecular flexibility index (Phi) is 27.7. The molecule has 1 unspecified atom stereocenters. The van der Waals surface area contributed by atoms with Gasteiger partial charge < -0.3 is 103 Å². The number of aryl methyl sites for hydroxylation is 10. The first-order chi connectivity index (χ1) is 65.3. The number of imidazole rings is 4. The van der Waals surface area contributed by atoms with Crippen LogP contribution < -0.4 is 47.4 Å². The molecular weight excluding hydrogens is 1780 g/mol. The minimum Gasteiger partial charge on any atom is -0.507 e. The van der Waals surface area contributed by atoms with Crippen LogP contribution in [0.25, 0.3) is 21.7 Å². The Bertz CT molecular complexity index is 7280. The number of benzene rings is 3. The number of aromatic amines is 1. The lowest BCUT2D eigenvalue weighted by atomic mass is 9.95. The zero-order chi connectivity index (χ0) is 97.8. The molecule has 706 valence electrons. The predicted molar refractivity (Wildman–Crippen MR) is 507 cm³/mol. The van der Waals surface area contributed by atoms with Crippen molar-refractivity contribution in [1.82, 2.24) is 81.2 Å². The van der Waals surface area contributed by atoms with E-state index in [0.717, 1.165) is 16.3 Å². The number of rotatable bonds is 39. The molecule has 0 spiro atoms. The van der Waals surface area contributed by atoms with E-state index in [1.807, 2.05) is 42.5 Å². The number of halogens is 1. The molecular formula is C96H99ClN24O16. The van der Waals surface area contributed by atoms with Gasteiger partial charge in [-0.25, -0.2) is 19.9 Å². The van der Waals surface area contributed by atoms with Gasteiger partial charge in [-0.15, -0.1) is 11.6 Å². The highest BCUT2D eigenvalue weighted by Crippen LogP contribution is 2.46. The number of fused-ring (bicyclic) bond motifs is 4. The Labute approximate surface area is 787 Å². The van der Waals surface area contributed by atoms with E-state index in [4.69, 9.17) is 11.6 Å². The number of hydrogen-bond donors (Lipinski definition) is 10. The van der Waals surface area contributed by atoms with E-state index < -0.39 is 41.4 Å². The summed E-state index contributed by atoms with van der Waals surface area (Å²) in [4.78, 5) is 222. The van der Waals surface area contributed by atoms with Gasteiger partial charge in [-0.3, -0.25) is 71.9 Å². The summed E-state index contributed by atoms with van der Waals surface area (Å²) in [6.45, 7) is 1.69. The highest BCUT2D eigenvalue weighted by molar-refractivity contribution is 6.20. The molecule has 41 heteroatoms. The highest BCUT2D eigenvalue weighted by Gasteiger charge is 2.37. The number of amides is 9. The van der Waals surface area contributed by atoms with Crippen molar-refractivity contribution in [3.05, 3.63) is 250 Å². The summed E-state index contributed by atoms with van der Waals surface area (Å²) < 4.78 is 15.2. The topological polar surface area (TPSA) is 492 Å². The van der Waals surface area contributed by atoms with Crippen LogP contribution in [-0.4, -0.2) is 189 Å². The Morgan fingerprint density at radius 2 is 0.869 bits per heavy atom. The number of hydrogen-bond acceptors (Lipinski definition) is 20. The van der Waals surface area contributed by atoms with Gasteiger partial charge in [0, 0.05) is 245 Å². The minimum absolute atomic E-state index is 0.00736. The lowest BCUT2D eigenvalue weighted by molar-refractivity contribution is -0.119. The van der Waals surface area contributed by atoms with E-state index in [0.29, 0.717) is 91.1 Å². The third kappa shape index (κ3) is 21.5. The molecule has 1 aliphatic rings. The molecule has 0 bridgehead atoms. The summed E-state index contributed by atoms with van der Waals surface area (Å²) >= 11 is 6.45. The number of phenolic OH excluding ortho intramolecular Hbond substituents is 1. The summed E-state index contributed by atoms with van der Waals surface area (Å²) in [5, 5.41) is 34.6. The summed E-state index contributed by atoms with van der Waals surface area (Å²) in [6.07, 6.45) is 16.1. The third-order valence-corrected chi connectivity index (χ3v) is 23.9. The van der Waals surface area contributed by atoms with Gasteiger partial charge in [0.2, 0.25) is 35.1 Å². The summed E-state index contributed by atoms with van der Waals surface area (Å²) in [5.74, 6) is -5.81. The van der Waals surface area contributed by atoms with Gasteiger partial charge in [0.25, 0.3) is 41.4 Å². The van der Waals surface area contributed by atoms with Crippen LogP contribution in [-0.2, 0) is 122 Å². The maximum Gasteiger partial charge on any atom is 0.292 e. The largest absolute Gasteiger partial charge is 0.507 e. The van der Waals surface area contributed by atoms with Gasteiger partial charge in [0.15, 0.2) is 40.6 Å². The van der Waals surface area contributed by atoms with Crippen molar-refractivity contribution in [1.29, 1.82) is 0 Å². The molecule has 0 saturated heterocycles. The van der Waals surface area contributed by atoms with E-state index in [2.05, 4.69) is 67.5 Å². The molecule has 0 fully saturated rings. The van der Waals surface area contributed by atoms with E-state index >= 15 is 0 Å². The number of anilines is 7. The zero-order valence-corrected chi connectivity index (χ0v) is 77.5. The van der Waals surface area contributed by atoms with E-state index in [1.165, 1.54) is 86.0 Å². The van der Waals surface area contributed by atoms with Crippen molar-refractivity contribution < 1.29 is 77.0 Å². The van der Waals surface area contributed by atoms with Crippen LogP contribution in [0, 0.1) is 0 Å². The second kappa shape index (κ2) is 40.0. The number of alkyl halides is 1. The molecule has 9 amide bonds. The molecule has 1 aliphatic heterocycles. The number of H-pyrrole nitrogens is 1. The quantitative estimate of drug-likeness (QED) is 0.00973. The number of nitrogens with zero attached hydrogens (tertiary/aromatic N) is 15. The maximum atomic E-state index is 14.1. The molecule has 10 N–H and O–H groups in total. The highest BCUT2D eigenvalue weighted by atomic mass is 35.5. The van der Waals surface area contributed by atoms with Gasteiger partial charge in [-0.1, -0.05) is 36.4 Å². The van der Waals surface area contributed by atoms with Crippen molar-refractivity contribution in [2.24, 2.45) is 70.5 Å². The fourth-order valence-electron chi connectivity index (χ4n) is 17.1. The Morgan fingerprint density at radius 1 is 0.401 bits per heavy atom. The molecule has 0 aliphatic carbocycles. The van der Waals surface area contributed by atoms with Crippen LogP contribution in [0.15, 0.2) is 153 Å². The van der Waals surface area contributed by atoms with Crippen molar-refractivity contribution in [2.75, 3.05) is 62.3 Å². The molecule has 3 aromatic carbocycles. The molecule has 12 heterocycles. The number of carbonyl (C=O) groups excluding carboxylic acids is 15. The van der Waals surface area contributed by atoms with Crippen molar-refractivity contribution in [2.45, 2.75) is 83.5 Å². The van der Waals surface area contributed by atoms with E-state index in [1.54, 1.807) is 152 Å². The van der Waals surface area contributed by atoms with Crippen LogP contribution in [0.5, 0.6) is 5.75 Å². The summed E-state index contributed by atoms with van der Waals surface area (Å²) in [7, 11) is 16.3. The van der Waals surface area contributed by atoms with Gasteiger partial charge >= 0.3 is 0 Å². The first-order valence-corrected chi connectivity index (χ1v) is 44.3. The standard InChI is InChI=1S/C96H99ClN24O16/c1-52(122)100-60-36-73(114(5)45-60)90(131)103-62-38-75(116(7)47-62)92(133)108-81-49-118(9)88(105-81)94(135)99-25-23-84(130)101-61-37-74(115(6)46-61)91(132)109-82-50-120(11)89(107-82)95(136)110-83-51-119(10)87(106-83)93(134)98-24-15-17-63(123)26-54-28-70(112(3)41-54)79(128)32-55-29-69(111(2)42-55)76(125)20-14-16-64(124)35-59-48-117(8)86(102-59)80(129)33-56-30-71(113(4)43-56)78(127)31-53-21-22-57-34-68(104-67(57)27-53)96(137)121-44-58(40-97)85-66-19-13-12-18-65(66)77(126)39-72(85)121/h12-13,18-19,21-22,27-30,34,36-39,41-43,45-51,58,104,126H,14-17,20,23-26,31-33,35,40,44H2,1-11H3,(H,98,134)(H,99,135)(H,100,122)(H,101,130)(H,103,131)(H,108,133)(H,109,132)(H,110,136). The first-order valence-electron chi connectivity index (χ1n) is 43.7. The number of aromatic hydroxyl groups is 1. The van der Waals surface area contributed by atoms with Gasteiger partial charge in [0.1, 0.15) is 40.1 Å². The lowest BCUT2D eigenvalue weighted by Gasteiger charge is -2.17. The number of nitrogens with one attached hydrogen (secondary N) is 9. The van der Waals surface area contributed by atoms with E-state index in [9.17, 15) is 77.0 Å². The normalized spacial score (nSPS) is 12.3. The van der Waals surface area contributed by atoms with Crippen LogP contribution in [0.4, 0.5) is 40.2 Å². The van der Waals surface area contributed by atoms with Gasteiger partial charge in [-0.2, -0.15) is 0 Å². The summed E-state index contributed by atoms with van der Waals surface area (Å²) in [6, 6.07) is 25.8. The van der Waals surface area contributed by atoms with Crippen LogP contribution in [0.3, 0.4) is 0 Å². The number of phenols is 1. The monoisotopic (exact) mass is 1880 g/mol. The molecule has 15 rings (SSSR count). The third-order valence-electron chi connectivity index (χ3n) is 23.5. The van der Waals surface area contributed by atoms with Gasteiger partial charge in [-0.05, 0) is 94.6 Å². The average Bonchev–Trinajstić information content (AvgIpc) is 1.60. The molecule has 40 nitrogen and oxygen atoms in total. The lowest BCUT2D eigenvalue weighted by Crippen LogP contribution is -2.30. The SMILES string of the molecule is CC(=O)Nc1cc(C(=O)Nc2cc(C(=O)Nc3cn(C)c(C(=O)NCCC(=O)Nc4cc(C(=O)Nc5cn(C)c(C(=O)Nc6cn(C)c(C(=O)NCCCC(=O)Cc7cc(C(=O)Cc8cc(C(=O)CCCC(=O)Cc9cn(C)c(C(=O)Cc%10cc(C(=O)Cc%11ccc%12cc(C(=O)N%13CC(CCl)c%14c%13cc(O)c%13ccccc%14%13)[nH]c%12c%11)n(C)c%10)n9)n(C)c8)n(C)c7)n6)n5)n(C)c4)n3)n(C)c2)n(C)c1. The van der Waals surface area contributed by atoms with Crippen LogP contribution in [0.1, 0.15) is 201 Å². The van der Waals surface area contributed by atoms with Crippen molar-refractivity contribution >= 4 is 161 Å². The molecule has 137 heavy (non-hydrogen) atoms. The van der Waals surface area contributed by atoms with E-state index in [-0.39, 0.29) is 205 Å². The maximum absolute atomic E-state index is 14.1. The molecule has 11 aromatic heterocycles. The predicted octanol–water partition coefficient (Wildman–Crippen LogP) is 9.46. The van der Waals surface area contributed by atoms with Crippen molar-refractivity contribution in [3.8, 4) is 5.75 Å². The number of Topliss-reactive ketones (excluding diaryl/α,β-unsaturated/α-hetero) is 6. The number of aromatic nitrogens is 15. The van der Waals surface area contributed by atoms with Crippen molar-refractivity contribution in [3.63, 3.8) is 0 Å². The Hall–Kier alpha value is -16.7. The number of carbonyl (C=O) groups is 15. The zero-order valence-electron chi connectivity index (χ0n) is 76.8. The molecule has 0 radical (unpaired) electrons. The second-order valence-corrected chi connectivity index (χ2v) is 34.5. The molecule has 0 saturated carbocycles. The van der Waals surface area contributed by atoms with Crippen LogP contribution in [0.2, 0.25) is 0 Å². The Morgan fingerprint density at radius 3 is 1.43 bits per heavy atom. The fraction of sp³-hybridized carbons (Fsp3) is 0.281. The molecule has 1 atom stereocenters. The average molecular weight is 1880 g/mol. The first kappa shape index (κ1) is 94.9. The van der Waals surface area contributed by atoms with Crippen LogP contribution >= 0.6 is 11.6 Å². The van der Waals surface area contributed by atoms with Gasteiger partial charge in [0.05, 0.1) is 51.9 Å². The fourth-order valence-corrected chi connectivity index (χ4v) is 17.3. The smallest absolute Gasteiger partial charge is 0.292 e. The molecule has 14 aromatic rings.